The second-order valence-corrected chi connectivity index (χ2v) is 5.16. The number of aliphatic hydroxyl groups excluding tert-OH is 1. The fourth-order valence-electron chi connectivity index (χ4n) is 2.76. The second-order valence-electron chi connectivity index (χ2n) is 5.16. The Bertz CT molecular complexity index is 810. The first-order chi connectivity index (χ1) is 11.1. The van der Waals surface area contributed by atoms with Crippen LogP contribution in [0.15, 0.2) is 66.3 Å². The molecule has 1 aromatic carbocycles. The van der Waals surface area contributed by atoms with Crippen LogP contribution in [0.25, 0.3) is 0 Å². The molecule has 6 heteroatoms. The van der Waals surface area contributed by atoms with E-state index in [1.807, 2.05) is 12.1 Å². The van der Waals surface area contributed by atoms with E-state index in [1.165, 1.54) is 24.3 Å². The summed E-state index contributed by atoms with van der Waals surface area (Å²) in [4.78, 5) is 12.4. The van der Waals surface area contributed by atoms with E-state index in [-0.39, 0.29) is 5.57 Å². The van der Waals surface area contributed by atoms with Gasteiger partial charge in [0.1, 0.15) is 17.5 Å². The lowest BCUT2D eigenvalue weighted by atomic mass is 9.82. The summed E-state index contributed by atoms with van der Waals surface area (Å²) in [6, 6.07) is 12.1. The van der Waals surface area contributed by atoms with Crippen molar-refractivity contribution in [2.45, 2.75) is 12.0 Å². The molecular formula is C17H13FN3O2+. The third-order valence-corrected chi connectivity index (χ3v) is 3.80. The minimum atomic E-state index is -0.757. The number of pyridine rings is 1. The van der Waals surface area contributed by atoms with Gasteiger partial charge in [-0.15, -0.1) is 0 Å². The van der Waals surface area contributed by atoms with Crippen molar-refractivity contribution in [3.8, 4) is 6.07 Å². The van der Waals surface area contributed by atoms with E-state index in [1.54, 1.807) is 29.1 Å². The van der Waals surface area contributed by atoms with Gasteiger partial charge >= 0.3 is 0 Å². The summed E-state index contributed by atoms with van der Waals surface area (Å²) < 4.78 is 14.9. The van der Waals surface area contributed by atoms with Crippen LogP contribution in [0.4, 0.5) is 4.39 Å². The van der Waals surface area contributed by atoms with Gasteiger partial charge in [-0.1, -0.05) is 18.2 Å². The van der Waals surface area contributed by atoms with Crippen LogP contribution in [-0.2, 0) is 4.79 Å². The molecule has 0 aliphatic carbocycles. The molecule has 2 atom stereocenters. The highest BCUT2D eigenvalue weighted by molar-refractivity contribution is 5.84. The van der Waals surface area contributed by atoms with Gasteiger partial charge in [0.25, 0.3) is 5.91 Å². The van der Waals surface area contributed by atoms with Crippen molar-refractivity contribution in [3.63, 3.8) is 0 Å². The molecule has 1 amide bonds. The molecule has 0 fully saturated rings. The SMILES string of the molecule is N#CC1=C(O)NC(=O)[C@H]([n+]2ccccc2)[C@H]1c1ccc(F)cc1. The predicted molar refractivity (Wildman–Crippen MR) is 78.2 cm³/mol. The van der Waals surface area contributed by atoms with Gasteiger partial charge in [-0.05, 0) is 17.7 Å². The molecule has 23 heavy (non-hydrogen) atoms. The molecule has 0 radical (unpaired) electrons. The number of aromatic nitrogens is 1. The lowest BCUT2D eigenvalue weighted by Crippen LogP contribution is -2.53. The number of hydrogen-bond acceptors (Lipinski definition) is 3. The third kappa shape index (κ3) is 2.64. The highest BCUT2D eigenvalue weighted by atomic mass is 19.1. The van der Waals surface area contributed by atoms with E-state index in [4.69, 9.17) is 0 Å². The highest BCUT2D eigenvalue weighted by Crippen LogP contribution is 2.36. The molecule has 1 aromatic heterocycles. The average Bonchev–Trinajstić information content (AvgIpc) is 2.56. The van der Waals surface area contributed by atoms with E-state index < -0.39 is 29.6 Å². The number of amides is 1. The Balaban J connectivity index is 2.18. The van der Waals surface area contributed by atoms with Crippen molar-refractivity contribution in [2.75, 3.05) is 0 Å². The molecule has 1 aliphatic heterocycles. The molecule has 5 nitrogen and oxygen atoms in total. The zero-order valence-electron chi connectivity index (χ0n) is 12.0. The van der Waals surface area contributed by atoms with Crippen molar-refractivity contribution in [1.29, 1.82) is 5.26 Å². The maximum absolute atomic E-state index is 13.2. The van der Waals surface area contributed by atoms with Gasteiger partial charge in [0.2, 0.25) is 11.9 Å². The number of halogens is 1. The van der Waals surface area contributed by atoms with Crippen molar-refractivity contribution in [1.82, 2.24) is 5.32 Å². The molecule has 114 valence electrons. The number of carbonyl (C=O) groups is 1. The summed E-state index contributed by atoms with van der Waals surface area (Å²) in [6.07, 6.45) is 3.41. The zero-order chi connectivity index (χ0) is 16.4. The zero-order valence-corrected chi connectivity index (χ0v) is 12.0. The lowest BCUT2D eigenvalue weighted by Gasteiger charge is -2.27. The fourth-order valence-corrected chi connectivity index (χ4v) is 2.76. The van der Waals surface area contributed by atoms with Crippen LogP contribution in [-0.4, -0.2) is 11.0 Å². The normalized spacial score (nSPS) is 20.8. The molecule has 0 unspecified atom stereocenters. The number of aliphatic hydroxyl groups is 1. The minimum absolute atomic E-state index is 0.0394. The van der Waals surface area contributed by atoms with Crippen LogP contribution in [0.5, 0.6) is 0 Å². The van der Waals surface area contributed by atoms with Gasteiger partial charge < -0.3 is 5.11 Å². The minimum Gasteiger partial charge on any atom is -0.494 e. The van der Waals surface area contributed by atoms with E-state index in [0.29, 0.717) is 5.56 Å². The Morgan fingerprint density at radius 2 is 1.83 bits per heavy atom. The van der Waals surface area contributed by atoms with Gasteiger partial charge in [0, 0.05) is 12.1 Å². The summed E-state index contributed by atoms with van der Waals surface area (Å²) in [6.45, 7) is 0. The number of nitrogens with one attached hydrogen (secondary N) is 1. The Labute approximate surface area is 131 Å². The fraction of sp³-hybridized carbons (Fsp3) is 0.118. The molecule has 0 saturated carbocycles. The summed E-state index contributed by atoms with van der Waals surface area (Å²) in [7, 11) is 0. The lowest BCUT2D eigenvalue weighted by molar-refractivity contribution is -0.711. The molecule has 2 N–H and O–H groups in total. The van der Waals surface area contributed by atoms with Gasteiger partial charge in [0.05, 0.1) is 5.92 Å². The van der Waals surface area contributed by atoms with Crippen molar-refractivity contribution in [2.24, 2.45) is 0 Å². The molecule has 2 aromatic rings. The number of rotatable bonds is 2. The Morgan fingerprint density at radius 1 is 1.17 bits per heavy atom. The first-order valence-electron chi connectivity index (χ1n) is 6.97. The first kappa shape index (κ1) is 14.7. The van der Waals surface area contributed by atoms with Crippen molar-refractivity contribution in [3.05, 3.63) is 77.7 Å². The molecule has 2 heterocycles. The Hall–Kier alpha value is -3.20. The number of allylic oxidation sites excluding steroid dienone is 1. The van der Waals surface area contributed by atoms with Gasteiger partial charge in [-0.25, -0.2) is 4.39 Å². The molecular weight excluding hydrogens is 297 g/mol. The van der Waals surface area contributed by atoms with E-state index >= 15 is 0 Å². The maximum atomic E-state index is 13.2. The number of hydrogen-bond donors (Lipinski definition) is 2. The van der Waals surface area contributed by atoms with Crippen molar-refractivity contribution < 1.29 is 18.9 Å². The molecule has 0 spiro atoms. The average molecular weight is 310 g/mol. The van der Waals surface area contributed by atoms with Crippen LogP contribution in [0.1, 0.15) is 17.5 Å². The smallest absolute Gasteiger partial charge is 0.296 e. The molecule has 1 aliphatic rings. The quantitative estimate of drug-likeness (QED) is 0.831. The number of nitriles is 1. The highest BCUT2D eigenvalue weighted by Gasteiger charge is 2.45. The summed E-state index contributed by atoms with van der Waals surface area (Å²) in [5.74, 6) is -2.02. The van der Waals surface area contributed by atoms with Crippen LogP contribution in [0.2, 0.25) is 0 Å². The summed E-state index contributed by atoms with van der Waals surface area (Å²) in [5.41, 5.74) is 0.614. The number of nitrogens with zero attached hydrogens (tertiary/aromatic N) is 2. The maximum Gasteiger partial charge on any atom is 0.296 e. The van der Waals surface area contributed by atoms with Gasteiger partial charge in [-0.2, -0.15) is 9.83 Å². The van der Waals surface area contributed by atoms with Gasteiger partial charge in [-0.3, -0.25) is 10.1 Å². The molecule has 0 saturated heterocycles. The first-order valence-corrected chi connectivity index (χ1v) is 6.97. The second kappa shape index (κ2) is 5.89. The van der Waals surface area contributed by atoms with Crippen LogP contribution < -0.4 is 9.88 Å². The predicted octanol–water partition coefficient (Wildman–Crippen LogP) is 1.86. The summed E-state index contributed by atoms with van der Waals surface area (Å²) in [5, 5.41) is 21.6. The largest absolute Gasteiger partial charge is 0.494 e. The van der Waals surface area contributed by atoms with Crippen LogP contribution in [0, 0.1) is 17.1 Å². The van der Waals surface area contributed by atoms with Crippen LogP contribution in [0.3, 0.4) is 0 Å². The number of carbonyl (C=O) groups excluding carboxylic acids is 1. The Morgan fingerprint density at radius 3 is 2.43 bits per heavy atom. The van der Waals surface area contributed by atoms with E-state index in [2.05, 4.69) is 5.32 Å². The third-order valence-electron chi connectivity index (χ3n) is 3.80. The summed E-state index contributed by atoms with van der Waals surface area (Å²) >= 11 is 0. The topological polar surface area (TPSA) is 77.0 Å². The molecule has 0 bridgehead atoms. The number of benzene rings is 1. The molecule has 3 rings (SSSR count). The monoisotopic (exact) mass is 310 g/mol. The van der Waals surface area contributed by atoms with E-state index in [9.17, 15) is 19.6 Å². The standard InChI is InChI=1S/C17H12FN3O2/c18-12-6-4-11(5-7-12)14-13(10-19)16(22)20-17(23)15(14)21-8-2-1-3-9-21/h1-9,14-15H,(H-,20,22,23)/p+1/t14-,15+/m0/s1. The van der Waals surface area contributed by atoms with Crippen LogP contribution >= 0.6 is 0 Å². The van der Waals surface area contributed by atoms with E-state index in [0.717, 1.165) is 0 Å². The van der Waals surface area contributed by atoms with Gasteiger partial charge in [0.15, 0.2) is 12.4 Å². The Kier molecular flexibility index (Phi) is 3.77. The van der Waals surface area contributed by atoms with Crippen molar-refractivity contribution >= 4 is 5.91 Å².